The quantitative estimate of drug-likeness (QED) is 0.486. The van der Waals surface area contributed by atoms with Crippen molar-refractivity contribution in [3.05, 3.63) is 0 Å². The predicted octanol–water partition coefficient (Wildman–Crippen LogP) is -1.71. The minimum Gasteiger partial charge on any atom is -0.357 e. The lowest BCUT2D eigenvalue weighted by atomic mass is 10.1. The molecule has 5 nitrogen and oxygen atoms in total. The van der Waals surface area contributed by atoms with Crippen LogP contribution in [-0.4, -0.2) is 42.4 Å². The zero-order chi connectivity index (χ0) is 9.30. The van der Waals surface area contributed by atoms with Gasteiger partial charge in [0.1, 0.15) is 12.1 Å². The van der Waals surface area contributed by atoms with Crippen LogP contribution in [0.1, 0.15) is 6.92 Å². The fraction of sp³-hybridized carbons (Fsp3) is 0.714. The van der Waals surface area contributed by atoms with Gasteiger partial charge in [0, 0.05) is 13.6 Å². The Morgan fingerprint density at radius 1 is 1.83 bits per heavy atom. The van der Waals surface area contributed by atoms with Crippen LogP contribution in [0.2, 0.25) is 0 Å². The van der Waals surface area contributed by atoms with Crippen molar-refractivity contribution >= 4 is 11.8 Å². The molecule has 2 unspecified atom stereocenters. The van der Waals surface area contributed by atoms with Gasteiger partial charge < -0.3 is 16.0 Å². The average Bonchev–Trinajstić information content (AvgIpc) is 2.10. The van der Waals surface area contributed by atoms with Gasteiger partial charge in [0.25, 0.3) is 0 Å². The molecule has 0 radical (unpaired) electrons. The van der Waals surface area contributed by atoms with Crippen LogP contribution in [0, 0.1) is 0 Å². The molecule has 2 amide bonds. The minimum absolute atomic E-state index is 0.147. The number of nitrogens with zero attached hydrogens (tertiary/aromatic N) is 1. The van der Waals surface area contributed by atoms with Crippen LogP contribution in [0.3, 0.4) is 0 Å². The maximum atomic E-state index is 11.1. The highest BCUT2D eigenvalue weighted by Gasteiger charge is 2.38. The summed E-state index contributed by atoms with van der Waals surface area (Å²) in [5.74, 6) is -0.304. The summed E-state index contributed by atoms with van der Waals surface area (Å²) in [7, 11) is 1.54. The summed E-state index contributed by atoms with van der Waals surface area (Å²) in [6.45, 7) is 2.16. The first kappa shape index (κ1) is 8.99. The van der Waals surface area contributed by atoms with E-state index in [1.807, 2.05) is 0 Å². The number of nitrogens with one attached hydrogen (secondary N) is 1. The van der Waals surface area contributed by atoms with Crippen LogP contribution in [0.5, 0.6) is 0 Å². The highest BCUT2D eigenvalue weighted by Crippen LogP contribution is 2.12. The molecule has 3 N–H and O–H groups in total. The van der Waals surface area contributed by atoms with Crippen molar-refractivity contribution < 1.29 is 9.59 Å². The van der Waals surface area contributed by atoms with Crippen molar-refractivity contribution in [2.75, 3.05) is 13.6 Å². The SMILES string of the molecule is CNC(=O)C(C)N1CC(N)C1=O. The Kier molecular flexibility index (Phi) is 2.32. The van der Waals surface area contributed by atoms with Crippen molar-refractivity contribution in [3.63, 3.8) is 0 Å². The summed E-state index contributed by atoms with van der Waals surface area (Å²) in [4.78, 5) is 23.6. The van der Waals surface area contributed by atoms with Crippen LogP contribution in [0.15, 0.2) is 0 Å². The zero-order valence-corrected chi connectivity index (χ0v) is 7.20. The lowest BCUT2D eigenvalue weighted by Gasteiger charge is -2.39. The number of nitrogens with two attached hydrogens (primary N) is 1. The van der Waals surface area contributed by atoms with Crippen molar-refractivity contribution in [2.45, 2.75) is 19.0 Å². The molecule has 1 aliphatic rings. The summed E-state index contributed by atoms with van der Waals surface area (Å²) >= 11 is 0. The van der Waals surface area contributed by atoms with Gasteiger partial charge in [-0.2, -0.15) is 0 Å². The van der Waals surface area contributed by atoms with Crippen molar-refractivity contribution in [2.24, 2.45) is 5.73 Å². The molecular formula is C7H13N3O2. The molecule has 12 heavy (non-hydrogen) atoms. The fourth-order valence-corrected chi connectivity index (χ4v) is 1.18. The highest BCUT2D eigenvalue weighted by atomic mass is 16.2. The molecular weight excluding hydrogens is 158 g/mol. The summed E-state index contributed by atoms with van der Waals surface area (Å²) < 4.78 is 0. The van der Waals surface area contributed by atoms with Crippen LogP contribution < -0.4 is 11.1 Å². The number of likely N-dealkylation sites (N-methyl/N-ethyl adjacent to an activating group) is 1. The molecule has 0 aromatic heterocycles. The largest absolute Gasteiger partial charge is 0.357 e. The van der Waals surface area contributed by atoms with Gasteiger partial charge >= 0.3 is 0 Å². The van der Waals surface area contributed by atoms with E-state index in [0.717, 1.165) is 0 Å². The monoisotopic (exact) mass is 171 g/mol. The third-order valence-corrected chi connectivity index (χ3v) is 2.09. The van der Waals surface area contributed by atoms with E-state index < -0.39 is 12.1 Å². The predicted molar refractivity (Wildman–Crippen MR) is 43.2 cm³/mol. The number of β-lactam (4-membered cyclic amide) rings is 1. The third-order valence-electron chi connectivity index (χ3n) is 2.09. The van der Waals surface area contributed by atoms with Gasteiger partial charge in [0.15, 0.2) is 0 Å². The third kappa shape index (κ3) is 1.27. The smallest absolute Gasteiger partial charge is 0.242 e. The van der Waals surface area contributed by atoms with Crippen molar-refractivity contribution in [1.82, 2.24) is 10.2 Å². The number of likely N-dealkylation sites (tertiary alicyclic amines) is 1. The molecule has 1 fully saturated rings. The number of carbonyl (C=O) groups excluding carboxylic acids is 2. The first-order valence-electron chi connectivity index (χ1n) is 3.85. The minimum atomic E-state index is -0.405. The molecule has 5 heteroatoms. The first-order valence-corrected chi connectivity index (χ1v) is 3.85. The number of hydrogen-bond acceptors (Lipinski definition) is 3. The molecule has 0 saturated carbocycles. The second-order valence-electron chi connectivity index (χ2n) is 2.89. The van der Waals surface area contributed by atoms with E-state index in [-0.39, 0.29) is 11.8 Å². The maximum Gasteiger partial charge on any atom is 0.242 e. The molecule has 1 heterocycles. The van der Waals surface area contributed by atoms with E-state index in [1.165, 1.54) is 4.90 Å². The molecule has 0 aromatic carbocycles. The molecule has 0 spiro atoms. The summed E-state index contributed by atoms with van der Waals surface area (Å²) in [6.07, 6.45) is 0. The molecule has 0 aliphatic carbocycles. The summed E-state index contributed by atoms with van der Waals surface area (Å²) in [6, 6.07) is -0.806. The van der Waals surface area contributed by atoms with Crippen molar-refractivity contribution in [1.29, 1.82) is 0 Å². The van der Waals surface area contributed by atoms with E-state index in [4.69, 9.17) is 5.73 Å². The Hall–Kier alpha value is -1.10. The Bertz CT molecular complexity index is 209. The molecule has 2 atom stereocenters. The Morgan fingerprint density at radius 3 is 2.75 bits per heavy atom. The van der Waals surface area contributed by atoms with Gasteiger partial charge in [-0.1, -0.05) is 0 Å². The number of hydrogen-bond donors (Lipinski definition) is 2. The lowest BCUT2D eigenvalue weighted by Crippen LogP contribution is -2.65. The maximum absolute atomic E-state index is 11.1. The molecule has 0 aromatic rings. The Balaban J connectivity index is 2.50. The highest BCUT2D eigenvalue weighted by molar-refractivity contribution is 5.93. The van der Waals surface area contributed by atoms with Gasteiger partial charge in [0.2, 0.25) is 11.8 Å². The molecule has 1 saturated heterocycles. The standard InChI is InChI=1S/C7H13N3O2/c1-4(6(11)9-2)10-3-5(8)7(10)12/h4-5H,3,8H2,1-2H3,(H,9,11). The van der Waals surface area contributed by atoms with E-state index in [1.54, 1.807) is 14.0 Å². The Labute approximate surface area is 70.9 Å². The van der Waals surface area contributed by atoms with Crippen molar-refractivity contribution in [3.8, 4) is 0 Å². The topological polar surface area (TPSA) is 75.4 Å². The summed E-state index contributed by atoms with van der Waals surface area (Å²) in [5, 5.41) is 2.48. The molecule has 68 valence electrons. The van der Waals surface area contributed by atoms with Gasteiger partial charge in [-0.25, -0.2) is 0 Å². The zero-order valence-electron chi connectivity index (χ0n) is 7.20. The number of rotatable bonds is 2. The second kappa shape index (κ2) is 3.10. The second-order valence-corrected chi connectivity index (χ2v) is 2.89. The van der Waals surface area contributed by atoms with Crippen LogP contribution >= 0.6 is 0 Å². The van der Waals surface area contributed by atoms with Crippen LogP contribution in [0.4, 0.5) is 0 Å². The first-order chi connectivity index (χ1) is 5.57. The average molecular weight is 171 g/mol. The van der Waals surface area contributed by atoms with E-state index in [9.17, 15) is 9.59 Å². The lowest BCUT2D eigenvalue weighted by molar-refractivity contribution is -0.150. The van der Waals surface area contributed by atoms with Gasteiger partial charge in [-0.05, 0) is 6.92 Å². The fourth-order valence-electron chi connectivity index (χ4n) is 1.18. The Morgan fingerprint density at radius 2 is 2.42 bits per heavy atom. The van der Waals surface area contributed by atoms with E-state index >= 15 is 0 Å². The molecule has 1 rings (SSSR count). The molecule has 1 aliphatic heterocycles. The van der Waals surface area contributed by atoms with Gasteiger partial charge in [-0.3, -0.25) is 9.59 Å². The van der Waals surface area contributed by atoms with Gasteiger partial charge in [0.05, 0.1) is 0 Å². The number of carbonyl (C=O) groups is 2. The molecule has 0 bridgehead atoms. The van der Waals surface area contributed by atoms with Crippen LogP contribution in [-0.2, 0) is 9.59 Å². The van der Waals surface area contributed by atoms with Crippen LogP contribution in [0.25, 0.3) is 0 Å². The normalized spacial score (nSPS) is 24.8. The summed E-state index contributed by atoms with van der Waals surface area (Å²) in [5.41, 5.74) is 5.37. The van der Waals surface area contributed by atoms with E-state index in [0.29, 0.717) is 6.54 Å². The van der Waals surface area contributed by atoms with E-state index in [2.05, 4.69) is 5.32 Å². The van der Waals surface area contributed by atoms with Gasteiger partial charge in [-0.15, -0.1) is 0 Å². The number of amides is 2.